The van der Waals surface area contributed by atoms with E-state index in [9.17, 15) is 4.79 Å². The van der Waals surface area contributed by atoms with E-state index in [1.54, 1.807) is 14.0 Å². The van der Waals surface area contributed by atoms with Crippen molar-refractivity contribution in [3.05, 3.63) is 29.3 Å². The maximum absolute atomic E-state index is 11.5. The summed E-state index contributed by atoms with van der Waals surface area (Å²) in [5.74, 6) is 1.02. The third-order valence-corrected chi connectivity index (χ3v) is 3.60. The molecule has 1 aliphatic carbocycles. The van der Waals surface area contributed by atoms with Crippen molar-refractivity contribution < 1.29 is 9.53 Å². The van der Waals surface area contributed by atoms with Gasteiger partial charge in [0, 0.05) is 14.0 Å². The maximum atomic E-state index is 11.5. The van der Waals surface area contributed by atoms with E-state index in [-0.39, 0.29) is 11.9 Å². The van der Waals surface area contributed by atoms with Gasteiger partial charge in [0.2, 0.25) is 5.91 Å². The van der Waals surface area contributed by atoms with Crippen molar-refractivity contribution in [3.63, 3.8) is 0 Å². The number of hydrogen-bond acceptors (Lipinski definition) is 2. The highest BCUT2D eigenvalue weighted by Gasteiger charge is 2.25. The zero-order chi connectivity index (χ0) is 12.4. The number of carbonyl (C=O) groups excluding carboxylic acids is 1. The number of fused-ring (bicyclic) bond motifs is 1. The quantitative estimate of drug-likeness (QED) is 0.785. The number of nitrogens with zero attached hydrogens (tertiary/aromatic N) is 1. The van der Waals surface area contributed by atoms with Crippen molar-refractivity contribution in [2.75, 3.05) is 14.2 Å². The SMILES string of the molecule is COc1ccc2c(c1)CCC[C@H]2N(C)C(C)=O. The van der Waals surface area contributed by atoms with Crippen molar-refractivity contribution in [3.8, 4) is 5.75 Å². The second-order valence-electron chi connectivity index (χ2n) is 4.60. The summed E-state index contributed by atoms with van der Waals surface area (Å²) in [6, 6.07) is 6.39. The highest BCUT2D eigenvalue weighted by atomic mass is 16.5. The second-order valence-corrected chi connectivity index (χ2v) is 4.60. The standard InChI is InChI=1S/C14H19NO2/c1-10(16)15(2)14-6-4-5-11-9-12(17-3)7-8-13(11)14/h7-9,14H,4-6H2,1-3H3/t14-/m1/s1. The van der Waals surface area contributed by atoms with Crippen molar-refractivity contribution >= 4 is 5.91 Å². The van der Waals surface area contributed by atoms with Crippen LogP contribution in [0.1, 0.15) is 36.9 Å². The summed E-state index contributed by atoms with van der Waals surface area (Å²) in [4.78, 5) is 13.3. The summed E-state index contributed by atoms with van der Waals surface area (Å²) in [6.45, 7) is 1.62. The molecule has 1 amide bonds. The molecule has 1 aromatic carbocycles. The molecule has 0 N–H and O–H groups in total. The summed E-state index contributed by atoms with van der Waals surface area (Å²) >= 11 is 0. The molecule has 0 unspecified atom stereocenters. The van der Waals surface area contributed by atoms with Crippen LogP contribution in [-0.4, -0.2) is 25.0 Å². The Bertz CT molecular complexity index is 428. The minimum absolute atomic E-state index is 0.124. The smallest absolute Gasteiger partial charge is 0.219 e. The van der Waals surface area contributed by atoms with Crippen LogP contribution >= 0.6 is 0 Å². The summed E-state index contributed by atoms with van der Waals surface area (Å²) in [7, 11) is 3.57. The number of benzene rings is 1. The molecule has 2 rings (SSSR count). The first kappa shape index (κ1) is 12.0. The minimum Gasteiger partial charge on any atom is -0.497 e. The highest BCUT2D eigenvalue weighted by molar-refractivity contribution is 5.73. The Morgan fingerprint density at radius 1 is 1.47 bits per heavy atom. The molecule has 0 radical (unpaired) electrons. The molecular weight excluding hydrogens is 214 g/mol. The molecule has 1 aromatic rings. The van der Waals surface area contributed by atoms with E-state index in [1.807, 2.05) is 18.0 Å². The third-order valence-electron chi connectivity index (χ3n) is 3.60. The van der Waals surface area contributed by atoms with E-state index in [1.165, 1.54) is 11.1 Å². The van der Waals surface area contributed by atoms with Gasteiger partial charge < -0.3 is 9.64 Å². The molecule has 3 nitrogen and oxygen atoms in total. The van der Waals surface area contributed by atoms with E-state index in [2.05, 4.69) is 12.1 Å². The van der Waals surface area contributed by atoms with E-state index in [0.717, 1.165) is 25.0 Å². The van der Waals surface area contributed by atoms with Gasteiger partial charge in [0.25, 0.3) is 0 Å². The molecule has 0 spiro atoms. The predicted molar refractivity (Wildman–Crippen MR) is 67.1 cm³/mol. The van der Waals surface area contributed by atoms with Crippen LogP contribution in [0, 0.1) is 0 Å². The number of aryl methyl sites for hydroxylation is 1. The average Bonchev–Trinajstić information content (AvgIpc) is 2.36. The number of carbonyl (C=O) groups is 1. The molecule has 92 valence electrons. The van der Waals surface area contributed by atoms with Gasteiger partial charge in [-0.25, -0.2) is 0 Å². The van der Waals surface area contributed by atoms with Crippen LogP contribution in [0.25, 0.3) is 0 Å². The van der Waals surface area contributed by atoms with Gasteiger partial charge in [0.1, 0.15) is 5.75 Å². The molecule has 1 atom stereocenters. The number of ether oxygens (including phenoxy) is 1. The van der Waals surface area contributed by atoms with Gasteiger partial charge >= 0.3 is 0 Å². The summed E-state index contributed by atoms with van der Waals surface area (Å²) in [5.41, 5.74) is 2.59. The first-order chi connectivity index (χ1) is 8.13. The summed E-state index contributed by atoms with van der Waals surface area (Å²) in [6.07, 6.45) is 3.26. The summed E-state index contributed by atoms with van der Waals surface area (Å²) < 4.78 is 5.24. The van der Waals surface area contributed by atoms with Crippen LogP contribution in [-0.2, 0) is 11.2 Å². The van der Waals surface area contributed by atoms with Crippen LogP contribution in [0.5, 0.6) is 5.75 Å². The molecule has 3 heteroatoms. The van der Waals surface area contributed by atoms with Gasteiger partial charge in [-0.2, -0.15) is 0 Å². The van der Waals surface area contributed by atoms with Crippen LogP contribution < -0.4 is 4.74 Å². The van der Waals surface area contributed by atoms with Crippen LogP contribution in [0.2, 0.25) is 0 Å². The van der Waals surface area contributed by atoms with Crippen LogP contribution in [0.15, 0.2) is 18.2 Å². The molecule has 0 aromatic heterocycles. The van der Waals surface area contributed by atoms with Gasteiger partial charge in [-0.15, -0.1) is 0 Å². The van der Waals surface area contributed by atoms with Crippen molar-refractivity contribution in [2.24, 2.45) is 0 Å². The zero-order valence-corrected chi connectivity index (χ0v) is 10.7. The van der Waals surface area contributed by atoms with Gasteiger partial charge in [-0.3, -0.25) is 4.79 Å². The molecular formula is C14H19NO2. The summed E-state index contributed by atoms with van der Waals surface area (Å²) in [5, 5.41) is 0. The monoisotopic (exact) mass is 233 g/mol. The molecule has 0 bridgehead atoms. The fraction of sp³-hybridized carbons (Fsp3) is 0.500. The fourth-order valence-electron chi connectivity index (χ4n) is 2.51. The molecule has 1 aliphatic rings. The highest BCUT2D eigenvalue weighted by Crippen LogP contribution is 2.35. The van der Waals surface area contributed by atoms with E-state index >= 15 is 0 Å². The number of amides is 1. The second kappa shape index (κ2) is 4.78. The molecule has 0 aliphatic heterocycles. The number of rotatable bonds is 2. The first-order valence-electron chi connectivity index (χ1n) is 6.03. The van der Waals surface area contributed by atoms with Crippen molar-refractivity contribution in [1.82, 2.24) is 4.90 Å². The Morgan fingerprint density at radius 3 is 2.88 bits per heavy atom. The molecule has 0 saturated heterocycles. The van der Waals surface area contributed by atoms with E-state index in [4.69, 9.17) is 4.74 Å². The van der Waals surface area contributed by atoms with E-state index < -0.39 is 0 Å². The Labute approximate surface area is 102 Å². The third kappa shape index (κ3) is 2.28. The Kier molecular flexibility index (Phi) is 3.36. The van der Waals surface area contributed by atoms with Crippen molar-refractivity contribution in [2.45, 2.75) is 32.2 Å². The lowest BCUT2D eigenvalue weighted by molar-refractivity contribution is -0.130. The van der Waals surface area contributed by atoms with Crippen LogP contribution in [0.4, 0.5) is 0 Å². The molecule has 17 heavy (non-hydrogen) atoms. The van der Waals surface area contributed by atoms with Crippen molar-refractivity contribution in [1.29, 1.82) is 0 Å². The molecule has 0 heterocycles. The minimum atomic E-state index is 0.124. The zero-order valence-electron chi connectivity index (χ0n) is 10.7. The Balaban J connectivity index is 2.34. The Hall–Kier alpha value is -1.51. The lowest BCUT2D eigenvalue weighted by atomic mass is 9.87. The predicted octanol–water partition coefficient (Wildman–Crippen LogP) is 2.55. The fourth-order valence-corrected chi connectivity index (χ4v) is 2.51. The van der Waals surface area contributed by atoms with Gasteiger partial charge in [-0.1, -0.05) is 6.07 Å². The number of hydrogen-bond donors (Lipinski definition) is 0. The lowest BCUT2D eigenvalue weighted by Gasteiger charge is -2.32. The number of methoxy groups -OCH3 is 1. The molecule has 0 saturated carbocycles. The Morgan fingerprint density at radius 2 is 2.24 bits per heavy atom. The van der Waals surface area contributed by atoms with Crippen LogP contribution in [0.3, 0.4) is 0 Å². The largest absolute Gasteiger partial charge is 0.497 e. The maximum Gasteiger partial charge on any atom is 0.219 e. The van der Waals surface area contributed by atoms with E-state index in [0.29, 0.717) is 0 Å². The van der Waals surface area contributed by atoms with Gasteiger partial charge in [-0.05, 0) is 42.5 Å². The topological polar surface area (TPSA) is 29.5 Å². The first-order valence-corrected chi connectivity index (χ1v) is 6.03. The average molecular weight is 233 g/mol. The lowest BCUT2D eigenvalue weighted by Crippen LogP contribution is -2.31. The molecule has 0 fully saturated rings. The van der Waals surface area contributed by atoms with Gasteiger partial charge in [0.15, 0.2) is 0 Å². The normalized spacial score (nSPS) is 18.4. The van der Waals surface area contributed by atoms with Gasteiger partial charge in [0.05, 0.1) is 13.2 Å².